The van der Waals surface area contributed by atoms with Crippen LogP contribution >= 0.6 is 0 Å². The molecule has 11 heteroatoms. The smallest absolute Gasteiger partial charge is 0.268 e. The maximum Gasteiger partial charge on any atom is 0.268 e. The Hall–Kier alpha value is -2.98. The van der Waals surface area contributed by atoms with Crippen LogP contribution in [0.3, 0.4) is 0 Å². The molecule has 0 saturated carbocycles. The van der Waals surface area contributed by atoms with Crippen molar-refractivity contribution in [1.82, 2.24) is 35.3 Å². The van der Waals surface area contributed by atoms with Gasteiger partial charge >= 0.3 is 0 Å². The normalized spacial score (nSPS) is 17.2. The van der Waals surface area contributed by atoms with Gasteiger partial charge in [0, 0.05) is 32.7 Å². The number of tetrazole rings is 1. The third kappa shape index (κ3) is 3.50. The SMILES string of the molecule is Cn1ncc(N2CC[C@H](CNC(=O)Cn3nnnc3N)C2)cc1=O. The standard InChI is InChI=1S/C13H19N9O2/c1-20-12(24)4-10(6-16-20)21-3-2-9(7-21)5-15-11(23)8-22-13(14)17-18-19-22/h4,6,9H,2-3,5,7-8H2,1H3,(H,15,23)(H2,14,17,19)/t9-/m1/s1. The van der Waals surface area contributed by atoms with Crippen LogP contribution in [0.25, 0.3) is 0 Å². The van der Waals surface area contributed by atoms with Crippen LogP contribution in [0.4, 0.5) is 11.6 Å². The van der Waals surface area contributed by atoms with Gasteiger partial charge in [0.1, 0.15) is 6.54 Å². The van der Waals surface area contributed by atoms with Crippen LogP contribution in [-0.2, 0) is 18.4 Å². The van der Waals surface area contributed by atoms with Gasteiger partial charge in [-0.15, -0.1) is 0 Å². The highest BCUT2D eigenvalue weighted by Gasteiger charge is 2.23. The molecule has 0 radical (unpaired) electrons. The molecule has 11 nitrogen and oxygen atoms in total. The van der Waals surface area contributed by atoms with Gasteiger partial charge in [-0.2, -0.15) is 5.10 Å². The van der Waals surface area contributed by atoms with Crippen molar-refractivity contribution in [3.05, 3.63) is 22.6 Å². The third-order valence-electron chi connectivity index (χ3n) is 4.05. The van der Waals surface area contributed by atoms with Gasteiger partial charge in [-0.25, -0.2) is 9.36 Å². The van der Waals surface area contributed by atoms with E-state index in [0.29, 0.717) is 12.5 Å². The highest BCUT2D eigenvalue weighted by molar-refractivity contribution is 5.75. The lowest BCUT2D eigenvalue weighted by molar-refractivity contribution is -0.122. The van der Waals surface area contributed by atoms with E-state index in [-0.39, 0.29) is 24.0 Å². The van der Waals surface area contributed by atoms with E-state index >= 15 is 0 Å². The number of hydrogen-bond acceptors (Lipinski definition) is 8. The van der Waals surface area contributed by atoms with E-state index < -0.39 is 0 Å². The Bertz CT molecular complexity index is 784. The lowest BCUT2D eigenvalue weighted by Crippen LogP contribution is -2.34. The second-order valence-corrected chi connectivity index (χ2v) is 5.78. The largest absolute Gasteiger partial charge is 0.370 e. The summed E-state index contributed by atoms with van der Waals surface area (Å²) in [6.45, 7) is 2.14. The van der Waals surface area contributed by atoms with E-state index in [4.69, 9.17) is 5.73 Å². The minimum atomic E-state index is -0.192. The summed E-state index contributed by atoms with van der Waals surface area (Å²) in [6.07, 6.45) is 2.62. The molecule has 1 aliphatic rings. The molecule has 0 aromatic carbocycles. The second kappa shape index (κ2) is 6.64. The summed E-state index contributed by atoms with van der Waals surface area (Å²) in [5, 5.41) is 17.4. The first kappa shape index (κ1) is 15.9. The first-order valence-corrected chi connectivity index (χ1v) is 7.59. The Labute approximate surface area is 137 Å². The Morgan fingerprint density at radius 2 is 2.33 bits per heavy atom. The summed E-state index contributed by atoms with van der Waals surface area (Å²) in [6, 6.07) is 1.58. The summed E-state index contributed by atoms with van der Waals surface area (Å²) in [4.78, 5) is 25.7. The van der Waals surface area contributed by atoms with Crippen LogP contribution in [-0.4, -0.2) is 55.5 Å². The second-order valence-electron chi connectivity index (χ2n) is 5.78. The molecule has 0 unspecified atom stereocenters. The van der Waals surface area contributed by atoms with E-state index in [0.717, 1.165) is 25.2 Å². The molecule has 0 aliphatic carbocycles. The molecule has 1 amide bonds. The molecular weight excluding hydrogens is 314 g/mol. The number of rotatable bonds is 5. The molecule has 0 spiro atoms. The number of carbonyl (C=O) groups excluding carboxylic acids is 1. The molecule has 1 saturated heterocycles. The number of nitrogens with zero attached hydrogens (tertiary/aromatic N) is 7. The van der Waals surface area contributed by atoms with Crippen molar-refractivity contribution in [2.75, 3.05) is 30.3 Å². The van der Waals surface area contributed by atoms with Gasteiger partial charge in [0.15, 0.2) is 0 Å². The number of nitrogens with one attached hydrogen (secondary N) is 1. The fraction of sp³-hybridized carbons (Fsp3) is 0.538. The van der Waals surface area contributed by atoms with Crippen molar-refractivity contribution in [3.63, 3.8) is 0 Å². The Balaban J connectivity index is 1.49. The lowest BCUT2D eigenvalue weighted by atomic mass is 10.1. The molecule has 3 heterocycles. The van der Waals surface area contributed by atoms with Gasteiger partial charge < -0.3 is 16.0 Å². The molecule has 3 N–H and O–H groups in total. The first-order valence-electron chi connectivity index (χ1n) is 7.59. The molecular formula is C13H19N9O2. The fourth-order valence-corrected chi connectivity index (χ4v) is 2.64. The minimum absolute atomic E-state index is 0.00604. The number of nitrogen functional groups attached to an aromatic ring is 1. The molecule has 0 bridgehead atoms. The van der Waals surface area contributed by atoms with Crippen molar-refractivity contribution in [2.45, 2.75) is 13.0 Å². The van der Waals surface area contributed by atoms with E-state index in [1.165, 1.54) is 9.36 Å². The van der Waals surface area contributed by atoms with Crippen molar-refractivity contribution in [3.8, 4) is 0 Å². The molecule has 2 aromatic heterocycles. The zero-order valence-electron chi connectivity index (χ0n) is 13.3. The van der Waals surface area contributed by atoms with Crippen molar-refractivity contribution >= 4 is 17.5 Å². The van der Waals surface area contributed by atoms with E-state index in [1.807, 2.05) is 0 Å². The van der Waals surface area contributed by atoms with Gasteiger partial charge in [-0.1, -0.05) is 5.10 Å². The summed E-state index contributed by atoms with van der Waals surface area (Å²) < 4.78 is 2.53. The number of nitrogens with two attached hydrogens (primary N) is 1. The predicted octanol–water partition coefficient (Wildman–Crippen LogP) is -2.01. The highest BCUT2D eigenvalue weighted by Crippen LogP contribution is 2.21. The Morgan fingerprint density at radius 1 is 1.50 bits per heavy atom. The van der Waals surface area contributed by atoms with Gasteiger partial charge in [-0.05, 0) is 22.8 Å². The average Bonchev–Trinajstić information content (AvgIpc) is 3.18. The summed E-state index contributed by atoms with van der Waals surface area (Å²) in [7, 11) is 1.62. The number of amides is 1. The van der Waals surface area contributed by atoms with Gasteiger partial charge in [0.05, 0.1) is 11.9 Å². The third-order valence-corrected chi connectivity index (χ3v) is 4.05. The average molecular weight is 333 g/mol. The Morgan fingerprint density at radius 3 is 3.04 bits per heavy atom. The molecule has 1 atom stereocenters. The van der Waals surface area contributed by atoms with E-state index in [1.54, 1.807) is 19.3 Å². The van der Waals surface area contributed by atoms with Gasteiger partial charge in [0.2, 0.25) is 11.9 Å². The van der Waals surface area contributed by atoms with Crippen LogP contribution in [0.5, 0.6) is 0 Å². The Kier molecular flexibility index (Phi) is 4.40. The van der Waals surface area contributed by atoms with E-state index in [9.17, 15) is 9.59 Å². The molecule has 2 aromatic rings. The van der Waals surface area contributed by atoms with Crippen LogP contribution < -0.4 is 21.5 Å². The summed E-state index contributed by atoms with van der Waals surface area (Å²) >= 11 is 0. The van der Waals surface area contributed by atoms with Gasteiger partial charge in [0.25, 0.3) is 5.56 Å². The van der Waals surface area contributed by atoms with Crippen molar-refractivity contribution in [2.24, 2.45) is 13.0 Å². The minimum Gasteiger partial charge on any atom is -0.370 e. The van der Waals surface area contributed by atoms with Gasteiger partial charge in [-0.3, -0.25) is 9.59 Å². The quantitative estimate of drug-likeness (QED) is 0.640. The number of hydrogen-bond donors (Lipinski definition) is 2. The number of anilines is 2. The molecule has 24 heavy (non-hydrogen) atoms. The number of aromatic nitrogens is 6. The zero-order valence-corrected chi connectivity index (χ0v) is 13.3. The van der Waals surface area contributed by atoms with Crippen LogP contribution in [0, 0.1) is 5.92 Å². The predicted molar refractivity (Wildman–Crippen MR) is 85.0 cm³/mol. The maximum absolute atomic E-state index is 11.9. The summed E-state index contributed by atoms with van der Waals surface area (Å²) in [5.74, 6) is 0.224. The van der Waals surface area contributed by atoms with Crippen molar-refractivity contribution in [1.29, 1.82) is 0 Å². The first-order chi connectivity index (χ1) is 11.5. The zero-order chi connectivity index (χ0) is 17.1. The van der Waals surface area contributed by atoms with Crippen LogP contribution in [0.15, 0.2) is 17.1 Å². The molecule has 128 valence electrons. The fourth-order valence-electron chi connectivity index (χ4n) is 2.64. The lowest BCUT2D eigenvalue weighted by Gasteiger charge is -2.18. The highest BCUT2D eigenvalue weighted by atomic mass is 16.2. The topological polar surface area (TPSA) is 137 Å². The van der Waals surface area contributed by atoms with Crippen LogP contribution in [0.2, 0.25) is 0 Å². The maximum atomic E-state index is 11.9. The summed E-state index contributed by atoms with van der Waals surface area (Å²) in [5.41, 5.74) is 6.20. The van der Waals surface area contributed by atoms with Crippen molar-refractivity contribution < 1.29 is 4.79 Å². The van der Waals surface area contributed by atoms with Crippen LogP contribution in [0.1, 0.15) is 6.42 Å². The molecule has 3 rings (SSSR count). The molecule has 1 aliphatic heterocycles. The van der Waals surface area contributed by atoms with E-state index in [2.05, 4.69) is 30.8 Å². The monoisotopic (exact) mass is 333 g/mol. The number of carbonyl (C=O) groups is 1. The number of aryl methyl sites for hydroxylation is 1. The molecule has 1 fully saturated rings.